The highest BCUT2D eigenvalue weighted by Gasteiger charge is 2.30. The maximum Gasteiger partial charge on any atom is 0.407 e. The fraction of sp³-hybridized carbons (Fsp3) is 0.154. The number of hydrogen-bond donors (Lipinski definition) is 3. The largest absolute Gasteiger partial charge is 0.480 e. The fourth-order valence-electron chi connectivity index (χ4n) is 4.55. The number of aliphatic carboxylic acids is 1. The SMILES string of the molecule is O=C(NC(Cc1c[nH]c2cc(Cl)c(Cl)cc12)C(=O)O)OCC1c2ccccc2-c2ccccc21. The second-order valence-corrected chi connectivity index (χ2v) is 9.01. The van der Waals surface area contributed by atoms with Gasteiger partial charge in [-0.05, 0) is 39.9 Å². The van der Waals surface area contributed by atoms with Gasteiger partial charge in [0.2, 0.25) is 0 Å². The van der Waals surface area contributed by atoms with E-state index in [1.165, 1.54) is 0 Å². The van der Waals surface area contributed by atoms with Gasteiger partial charge in [0.25, 0.3) is 0 Å². The maximum atomic E-state index is 12.6. The van der Waals surface area contributed by atoms with Crippen LogP contribution in [0.15, 0.2) is 66.9 Å². The average molecular weight is 495 g/mol. The zero-order chi connectivity index (χ0) is 23.8. The topological polar surface area (TPSA) is 91.4 Å². The number of halogens is 2. The van der Waals surface area contributed by atoms with Gasteiger partial charge in [0.1, 0.15) is 12.6 Å². The zero-order valence-electron chi connectivity index (χ0n) is 17.8. The minimum atomic E-state index is -1.18. The Balaban J connectivity index is 1.29. The number of H-pyrrole nitrogens is 1. The summed E-state index contributed by atoms with van der Waals surface area (Å²) in [4.78, 5) is 27.5. The molecule has 1 unspecified atom stereocenters. The highest BCUT2D eigenvalue weighted by atomic mass is 35.5. The van der Waals surface area contributed by atoms with Crippen molar-refractivity contribution < 1.29 is 19.4 Å². The van der Waals surface area contributed by atoms with Crippen LogP contribution in [0.25, 0.3) is 22.0 Å². The smallest absolute Gasteiger partial charge is 0.407 e. The van der Waals surface area contributed by atoms with Gasteiger partial charge >= 0.3 is 12.1 Å². The summed E-state index contributed by atoms with van der Waals surface area (Å²) >= 11 is 12.2. The Bertz CT molecular complexity index is 1370. The lowest BCUT2D eigenvalue weighted by atomic mass is 9.98. The molecule has 172 valence electrons. The standard InChI is InChI=1S/C26H20Cl2N2O4/c27-21-10-19-14(12-29-23(19)11-22(21)28)9-24(25(31)32)30-26(33)34-13-20-17-7-3-1-5-15(17)16-6-2-4-8-18(16)20/h1-8,10-12,20,24,29H,9,13H2,(H,30,33)(H,31,32). The Kier molecular flexibility index (Phi) is 5.94. The summed E-state index contributed by atoms with van der Waals surface area (Å²) < 4.78 is 5.50. The number of rotatable bonds is 6. The van der Waals surface area contributed by atoms with E-state index in [9.17, 15) is 14.7 Å². The molecule has 1 aromatic heterocycles. The third-order valence-electron chi connectivity index (χ3n) is 6.17. The molecule has 3 aromatic carbocycles. The first-order chi connectivity index (χ1) is 16.4. The molecular weight excluding hydrogens is 475 g/mol. The minimum absolute atomic E-state index is 0.0531. The highest BCUT2D eigenvalue weighted by Crippen LogP contribution is 2.44. The molecule has 1 heterocycles. The number of aromatic nitrogens is 1. The van der Waals surface area contributed by atoms with Crippen LogP contribution in [0.5, 0.6) is 0 Å². The van der Waals surface area contributed by atoms with Gasteiger partial charge < -0.3 is 20.1 Å². The molecule has 1 aliphatic carbocycles. The van der Waals surface area contributed by atoms with Crippen LogP contribution in [0, 0.1) is 0 Å². The number of carbonyl (C=O) groups is 2. The van der Waals surface area contributed by atoms with E-state index < -0.39 is 18.1 Å². The van der Waals surface area contributed by atoms with Crippen molar-refractivity contribution in [2.45, 2.75) is 18.4 Å². The van der Waals surface area contributed by atoms with Gasteiger partial charge in [-0.3, -0.25) is 0 Å². The number of fused-ring (bicyclic) bond motifs is 4. The quantitative estimate of drug-likeness (QED) is 0.306. The molecule has 6 nitrogen and oxygen atoms in total. The molecule has 0 saturated heterocycles. The molecule has 5 rings (SSSR count). The number of amides is 1. The average Bonchev–Trinajstić information content (AvgIpc) is 3.36. The number of carboxylic acids is 1. The van der Waals surface area contributed by atoms with E-state index in [-0.39, 0.29) is 18.9 Å². The summed E-state index contributed by atoms with van der Waals surface area (Å²) in [5.41, 5.74) is 5.83. The zero-order valence-corrected chi connectivity index (χ0v) is 19.4. The van der Waals surface area contributed by atoms with Crippen molar-refractivity contribution in [1.82, 2.24) is 10.3 Å². The van der Waals surface area contributed by atoms with Gasteiger partial charge in [0.05, 0.1) is 10.0 Å². The van der Waals surface area contributed by atoms with E-state index in [4.69, 9.17) is 27.9 Å². The monoisotopic (exact) mass is 494 g/mol. The van der Waals surface area contributed by atoms with Crippen molar-refractivity contribution in [3.63, 3.8) is 0 Å². The van der Waals surface area contributed by atoms with Crippen molar-refractivity contribution >= 4 is 46.2 Å². The van der Waals surface area contributed by atoms with Crippen LogP contribution in [0.4, 0.5) is 4.79 Å². The van der Waals surface area contributed by atoms with E-state index in [2.05, 4.69) is 22.4 Å². The summed E-state index contributed by atoms with van der Waals surface area (Å²) in [5, 5.41) is 13.7. The lowest BCUT2D eigenvalue weighted by molar-refractivity contribution is -0.139. The number of carboxylic acid groups (broad SMARTS) is 1. The van der Waals surface area contributed by atoms with E-state index >= 15 is 0 Å². The Hall–Kier alpha value is -3.48. The predicted octanol–water partition coefficient (Wildman–Crippen LogP) is 6.01. The Morgan fingerprint density at radius 1 is 1.00 bits per heavy atom. The number of alkyl carbamates (subject to hydrolysis) is 1. The summed E-state index contributed by atoms with van der Waals surface area (Å²) in [6.07, 6.45) is 0.958. The number of carbonyl (C=O) groups excluding carboxylic acids is 1. The first-order valence-electron chi connectivity index (χ1n) is 10.7. The van der Waals surface area contributed by atoms with Crippen LogP contribution in [-0.4, -0.2) is 34.8 Å². The van der Waals surface area contributed by atoms with Crippen molar-refractivity contribution in [3.05, 3.63) is 93.6 Å². The van der Waals surface area contributed by atoms with E-state index in [0.717, 1.165) is 33.2 Å². The molecule has 0 radical (unpaired) electrons. The van der Waals surface area contributed by atoms with Gasteiger partial charge in [0.15, 0.2) is 0 Å². The van der Waals surface area contributed by atoms with Crippen molar-refractivity contribution in [3.8, 4) is 11.1 Å². The van der Waals surface area contributed by atoms with Crippen LogP contribution in [0.1, 0.15) is 22.6 Å². The maximum absolute atomic E-state index is 12.6. The van der Waals surface area contributed by atoms with Crippen LogP contribution in [-0.2, 0) is 16.0 Å². The van der Waals surface area contributed by atoms with Crippen LogP contribution in [0.3, 0.4) is 0 Å². The Morgan fingerprint density at radius 2 is 1.62 bits per heavy atom. The summed E-state index contributed by atoms with van der Waals surface area (Å²) in [7, 11) is 0. The summed E-state index contributed by atoms with van der Waals surface area (Å²) in [5.74, 6) is -1.27. The van der Waals surface area contributed by atoms with E-state index in [1.54, 1.807) is 18.3 Å². The molecule has 1 amide bonds. The van der Waals surface area contributed by atoms with Crippen molar-refractivity contribution in [2.24, 2.45) is 0 Å². The Labute approximate surface area is 205 Å². The predicted molar refractivity (Wildman–Crippen MR) is 132 cm³/mol. The van der Waals surface area contributed by atoms with Crippen LogP contribution in [0.2, 0.25) is 10.0 Å². The second-order valence-electron chi connectivity index (χ2n) is 8.19. The molecule has 0 spiro atoms. The normalized spacial score (nSPS) is 13.4. The van der Waals surface area contributed by atoms with E-state index in [0.29, 0.717) is 15.6 Å². The molecule has 0 fully saturated rings. The first-order valence-corrected chi connectivity index (χ1v) is 11.5. The minimum Gasteiger partial charge on any atom is -0.480 e. The molecule has 34 heavy (non-hydrogen) atoms. The third-order valence-corrected chi connectivity index (χ3v) is 6.89. The molecule has 1 aliphatic rings. The number of ether oxygens (including phenoxy) is 1. The highest BCUT2D eigenvalue weighted by molar-refractivity contribution is 6.42. The van der Waals surface area contributed by atoms with Crippen molar-refractivity contribution in [2.75, 3.05) is 6.61 Å². The number of nitrogens with one attached hydrogen (secondary N) is 2. The van der Waals surface area contributed by atoms with Gasteiger partial charge in [-0.2, -0.15) is 0 Å². The molecule has 1 atom stereocenters. The fourth-order valence-corrected chi connectivity index (χ4v) is 4.87. The molecule has 3 N–H and O–H groups in total. The number of hydrogen-bond acceptors (Lipinski definition) is 3. The summed E-state index contributed by atoms with van der Waals surface area (Å²) in [6, 6.07) is 18.2. The lowest BCUT2D eigenvalue weighted by Crippen LogP contribution is -2.42. The van der Waals surface area contributed by atoms with E-state index in [1.807, 2.05) is 36.4 Å². The molecular formula is C26H20Cl2N2O4. The van der Waals surface area contributed by atoms with Crippen LogP contribution < -0.4 is 5.32 Å². The molecule has 0 saturated carbocycles. The van der Waals surface area contributed by atoms with Gasteiger partial charge in [-0.15, -0.1) is 0 Å². The summed E-state index contributed by atoms with van der Waals surface area (Å²) in [6.45, 7) is 0.105. The van der Waals surface area contributed by atoms with Gasteiger partial charge in [0, 0.05) is 29.4 Å². The molecule has 0 bridgehead atoms. The van der Waals surface area contributed by atoms with Crippen LogP contribution >= 0.6 is 23.2 Å². The molecule has 4 aromatic rings. The number of benzene rings is 3. The van der Waals surface area contributed by atoms with Gasteiger partial charge in [-0.25, -0.2) is 9.59 Å². The Morgan fingerprint density at radius 3 is 2.26 bits per heavy atom. The molecule has 8 heteroatoms. The first kappa shape index (κ1) is 22.3. The lowest BCUT2D eigenvalue weighted by Gasteiger charge is -2.17. The second kappa shape index (κ2) is 9.05. The van der Waals surface area contributed by atoms with Gasteiger partial charge in [-0.1, -0.05) is 71.7 Å². The van der Waals surface area contributed by atoms with Crippen molar-refractivity contribution in [1.29, 1.82) is 0 Å². The third kappa shape index (κ3) is 4.11. The number of aromatic amines is 1. The molecule has 0 aliphatic heterocycles.